The molecule has 11 atom stereocenters. The number of aliphatic hydroxyl groups is 7. The van der Waals surface area contributed by atoms with E-state index in [0.717, 1.165) is 64.2 Å². The number of unbranched alkanes of at least 4 members (excludes halogenated alkanes) is 15. The van der Waals surface area contributed by atoms with Crippen LogP contribution in [0.25, 0.3) is 0 Å². The smallest absolute Gasteiger partial charge is 0.306 e. The van der Waals surface area contributed by atoms with Crippen LogP contribution < -0.4 is 0 Å². The summed E-state index contributed by atoms with van der Waals surface area (Å²) >= 11 is 0. The predicted octanol–water partition coefficient (Wildman–Crippen LogP) is 5.54. The van der Waals surface area contributed by atoms with Crippen LogP contribution in [0.4, 0.5) is 0 Å². The van der Waals surface area contributed by atoms with Gasteiger partial charge in [-0.25, -0.2) is 0 Å². The highest BCUT2D eigenvalue weighted by Gasteiger charge is 2.47. The molecule has 5 unspecified atom stereocenters. The van der Waals surface area contributed by atoms with Gasteiger partial charge in [-0.05, 0) is 57.8 Å². The Morgan fingerprint density at radius 1 is 0.524 bits per heavy atom. The van der Waals surface area contributed by atoms with Gasteiger partial charge in [0.25, 0.3) is 0 Å². The maximum atomic E-state index is 12.9. The van der Waals surface area contributed by atoms with Crippen molar-refractivity contribution in [3.05, 3.63) is 48.6 Å². The normalized spacial score (nSPS) is 27.3. The highest BCUT2D eigenvalue weighted by atomic mass is 16.7. The van der Waals surface area contributed by atoms with Gasteiger partial charge in [-0.15, -0.1) is 0 Å². The fraction of sp³-hybridized carbons (Fsp3) is 0.792. The molecule has 2 rings (SSSR count). The van der Waals surface area contributed by atoms with Gasteiger partial charge in [0, 0.05) is 12.8 Å². The van der Waals surface area contributed by atoms with E-state index in [2.05, 4.69) is 38.2 Å². The molecule has 15 nitrogen and oxygen atoms in total. The predicted molar refractivity (Wildman–Crippen MR) is 238 cm³/mol. The van der Waals surface area contributed by atoms with Crippen molar-refractivity contribution in [1.82, 2.24) is 0 Å². The third-order valence-electron chi connectivity index (χ3n) is 11.1. The Hall–Kier alpha value is -2.54. The number of carbonyl (C=O) groups excluding carboxylic acids is 2. The Labute approximate surface area is 376 Å². The summed E-state index contributed by atoms with van der Waals surface area (Å²) in [7, 11) is 0. The average molecular weight is 899 g/mol. The summed E-state index contributed by atoms with van der Waals surface area (Å²) in [4.78, 5) is 25.6. The lowest BCUT2D eigenvalue weighted by Crippen LogP contribution is -2.61. The molecule has 2 saturated heterocycles. The van der Waals surface area contributed by atoms with E-state index in [1.165, 1.54) is 44.9 Å². The molecular formula is C48H82O15. The Morgan fingerprint density at radius 2 is 1.02 bits per heavy atom. The molecule has 7 N–H and O–H groups in total. The maximum Gasteiger partial charge on any atom is 0.306 e. The van der Waals surface area contributed by atoms with Crippen molar-refractivity contribution in [2.24, 2.45) is 0 Å². The first-order chi connectivity index (χ1) is 30.5. The van der Waals surface area contributed by atoms with Crippen LogP contribution >= 0.6 is 0 Å². The first-order valence-electron chi connectivity index (χ1n) is 23.8. The van der Waals surface area contributed by atoms with Gasteiger partial charge in [-0.2, -0.15) is 0 Å². The lowest BCUT2D eigenvalue weighted by Gasteiger charge is -2.42. The van der Waals surface area contributed by atoms with Crippen LogP contribution in [0.5, 0.6) is 0 Å². The van der Waals surface area contributed by atoms with Crippen molar-refractivity contribution in [2.75, 3.05) is 26.4 Å². The molecule has 364 valence electrons. The minimum absolute atomic E-state index is 0.138. The molecule has 2 fully saturated rings. The Bertz CT molecular complexity index is 1290. The molecule has 0 radical (unpaired) electrons. The summed E-state index contributed by atoms with van der Waals surface area (Å²) in [5.74, 6) is -0.972. The fourth-order valence-electron chi connectivity index (χ4n) is 7.15. The van der Waals surface area contributed by atoms with Crippen LogP contribution in [0.15, 0.2) is 48.6 Å². The summed E-state index contributed by atoms with van der Waals surface area (Å²) in [6.07, 6.45) is 20.1. The summed E-state index contributed by atoms with van der Waals surface area (Å²) in [5.41, 5.74) is 0. The van der Waals surface area contributed by atoms with E-state index < -0.39 is 99.3 Å². The molecule has 0 bridgehead atoms. The quantitative estimate of drug-likeness (QED) is 0.0179. The Kier molecular flexibility index (Phi) is 32.1. The van der Waals surface area contributed by atoms with Crippen LogP contribution in [-0.4, -0.2) is 142 Å². The molecular weight excluding hydrogens is 817 g/mol. The van der Waals surface area contributed by atoms with Crippen LogP contribution in [0.3, 0.4) is 0 Å². The summed E-state index contributed by atoms with van der Waals surface area (Å²) in [5, 5.41) is 71.9. The van der Waals surface area contributed by atoms with E-state index in [-0.39, 0.29) is 19.4 Å². The standard InChI is InChI=1S/C48H82O15/c1-3-5-7-9-11-13-15-17-19-20-22-24-26-28-30-39(50)58-33-36(61-40(51)31-29-27-25-23-21-18-16-14-12-10-8-6-4-2)34-59-47-46(57)44(55)42(53)38(63-47)35-60-48-45(56)43(54)41(52)37(32-49)62-48/h6,8,10,12,14,16,19-20,36-38,41-49,52-57H,3-5,7,9,11,13,15,17-18,21-35H2,1-2H3/b8-6+,12-10+,16-14+,20-19+/t36?,37-,38-,41+,42+,43?,44?,45?,46?,47-,48-/m1/s1. The third kappa shape index (κ3) is 24.5. The van der Waals surface area contributed by atoms with Gasteiger partial charge in [0.1, 0.15) is 55.4 Å². The minimum Gasteiger partial charge on any atom is -0.462 e. The molecule has 2 heterocycles. The largest absolute Gasteiger partial charge is 0.462 e. The number of carbonyl (C=O) groups is 2. The van der Waals surface area contributed by atoms with Gasteiger partial charge >= 0.3 is 11.9 Å². The number of aliphatic hydroxyl groups excluding tert-OH is 7. The molecule has 0 aliphatic carbocycles. The maximum absolute atomic E-state index is 12.9. The molecule has 0 amide bonds. The minimum atomic E-state index is -1.77. The number of allylic oxidation sites excluding steroid dienone is 8. The zero-order valence-electron chi connectivity index (χ0n) is 38.0. The zero-order chi connectivity index (χ0) is 46.1. The third-order valence-corrected chi connectivity index (χ3v) is 11.1. The van der Waals surface area contributed by atoms with E-state index >= 15 is 0 Å². The monoisotopic (exact) mass is 899 g/mol. The van der Waals surface area contributed by atoms with Gasteiger partial charge in [0.15, 0.2) is 18.7 Å². The van der Waals surface area contributed by atoms with Crippen molar-refractivity contribution in [2.45, 2.75) is 216 Å². The van der Waals surface area contributed by atoms with Crippen LogP contribution in [0, 0.1) is 0 Å². The number of esters is 2. The van der Waals surface area contributed by atoms with E-state index in [4.69, 9.17) is 28.4 Å². The first kappa shape index (κ1) is 56.6. The number of hydrogen-bond donors (Lipinski definition) is 7. The molecule has 0 aromatic rings. The molecule has 63 heavy (non-hydrogen) atoms. The van der Waals surface area contributed by atoms with Crippen molar-refractivity contribution < 1.29 is 73.8 Å². The van der Waals surface area contributed by atoms with E-state index in [0.29, 0.717) is 12.8 Å². The zero-order valence-corrected chi connectivity index (χ0v) is 38.0. The lowest BCUT2D eigenvalue weighted by molar-refractivity contribution is -0.332. The molecule has 0 saturated carbocycles. The van der Waals surface area contributed by atoms with Crippen molar-refractivity contribution in [3.63, 3.8) is 0 Å². The van der Waals surface area contributed by atoms with Gasteiger partial charge in [0.2, 0.25) is 0 Å². The van der Waals surface area contributed by atoms with Crippen LogP contribution in [0.2, 0.25) is 0 Å². The second-order valence-corrected chi connectivity index (χ2v) is 16.6. The van der Waals surface area contributed by atoms with Crippen molar-refractivity contribution >= 4 is 11.9 Å². The molecule has 0 aromatic carbocycles. The van der Waals surface area contributed by atoms with Crippen LogP contribution in [0.1, 0.15) is 149 Å². The van der Waals surface area contributed by atoms with E-state index in [1.54, 1.807) is 0 Å². The fourth-order valence-corrected chi connectivity index (χ4v) is 7.15. The van der Waals surface area contributed by atoms with E-state index in [1.807, 2.05) is 24.3 Å². The van der Waals surface area contributed by atoms with E-state index in [9.17, 15) is 45.3 Å². The molecule has 15 heteroatoms. The Balaban J connectivity index is 1.86. The average Bonchev–Trinajstić information content (AvgIpc) is 3.28. The Morgan fingerprint density at radius 3 is 1.62 bits per heavy atom. The molecule has 0 aromatic heterocycles. The van der Waals surface area contributed by atoms with Gasteiger partial charge in [-0.1, -0.05) is 127 Å². The molecule has 2 aliphatic heterocycles. The van der Waals surface area contributed by atoms with Crippen LogP contribution in [-0.2, 0) is 38.0 Å². The number of hydrogen-bond acceptors (Lipinski definition) is 15. The van der Waals surface area contributed by atoms with Crippen molar-refractivity contribution in [3.8, 4) is 0 Å². The second-order valence-electron chi connectivity index (χ2n) is 16.6. The summed E-state index contributed by atoms with van der Waals surface area (Å²) in [6, 6.07) is 0. The lowest BCUT2D eigenvalue weighted by atomic mass is 9.98. The van der Waals surface area contributed by atoms with Crippen molar-refractivity contribution in [1.29, 1.82) is 0 Å². The van der Waals surface area contributed by atoms with Gasteiger partial charge in [-0.3, -0.25) is 9.59 Å². The highest BCUT2D eigenvalue weighted by Crippen LogP contribution is 2.26. The summed E-state index contributed by atoms with van der Waals surface area (Å²) < 4.78 is 33.4. The topological polar surface area (TPSA) is 231 Å². The van der Waals surface area contributed by atoms with Gasteiger partial charge in [0.05, 0.1) is 19.8 Å². The second kappa shape index (κ2) is 35.7. The first-order valence-corrected chi connectivity index (χ1v) is 23.8. The summed E-state index contributed by atoms with van der Waals surface area (Å²) in [6.45, 7) is 2.39. The number of rotatable bonds is 35. The molecule has 0 spiro atoms. The van der Waals surface area contributed by atoms with Gasteiger partial charge < -0.3 is 64.2 Å². The molecule has 2 aliphatic rings. The number of ether oxygens (including phenoxy) is 6. The SMILES string of the molecule is CC/C=C/C=C/C=C/CCCCCCCC(=O)OC(COC(=O)CCCCC/C=C/CCCCCCCCC)CO[C@@H]1O[C@H](CO[C@@H]2O[C@H](CO)[C@H](O)C(O)C2O)[C@H](O)C(O)C1O. The highest BCUT2D eigenvalue weighted by molar-refractivity contribution is 5.70.